The standard InChI is InChI=1S/C20H22O2/c1-19(16-9-5-3-6-10-16)13-15-14-20(2,22-18(15)21-19)17-11-7-4-8-12-17/h3-12,15,18H,13-14H2,1-2H3/t15?,18?,19-,20+. The van der Waals surface area contributed by atoms with Gasteiger partial charge in [0.15, 0.2) is 6.29 Å². The van der Waals surface area contributed by atoms with Crippen molar-refractivity contribution >= 4 is 0 Å². The quantitative estimate of drug-likeness (QED) is 0.806. The molecule has 4 rings (SSSR count). The highest BCUT2D eigenvalue weighted by Gasteiger charge is 2.54. The number of hydrogen-bond acceptors (Lipinski definition) is 2. The molecule has 2 heterocycles. The van der Waals surface area contributed by atoms with Gasteiger partial charge in [-0.2, -0.15) is 0 Å². The zero-order chi connectivity index (χ0) is 15.2. The molecule has 2 unspecified atom stereocenters. The van der Waals surface area contributed by atoms with E-state index in [1.165, 1.54) is 11.1 Å². The Kier molecular flexibility index (Phi) is 3.14. The molecule has 2 aromatic rings. The summed E-state index contributed by atoms with van der Waals surface area (Å²) < 4.78 is 12.7. The van der Waals surface area contributed by atoms with Crippen LogP contribution in [0.4, 0.5) is 0 Å². The lowest BCUT2D eigenvalue weighted by atomic mass is 9.83. The lowest BCUT2D eigenvalue weighted by Gasteiger charge is -2.30. The highest BCUT2D eigenvalue weighted by molar-refractivity contribution is 5.26. The van der Waals surface area contributed by atoms with Crippen LogP contribution in [0.3, 0.4) is 0 Å². The van der Waals surface area contributed by atoms with Crippen LogP contribution < -0.4 is 0 Å². The molecule has 0 amide bonds. The largest absolute Gasteiger partial charge is 0.341 e. The Balaban J connectivity index is 1.56. The molecular formula is C20H22O2. The van der Waals surface area contributed by atoms with Gasteiger partial charge >= 0.3 is 0 Å². The van der Waals surface area contributed by atoms with E-state index in [1.54, 1.807) is 0 Å². The Morgan fingerprint density at radius 1 is 0.727 bits per heavy atom. The van der Waals surface area contributed by atoms with E-state index in [2.05, 4.69) is 62.4 Å². The average Bonchev–Trinajstić information content (AvgIpc) is 3.01. The molecule has 0 saturated carbocycles. The highest BCUT2D eigenvalue weighted by Crippen LogP contribution is 2.53. The predicted molar refractivity (Wildman–Crippen MR) is 86.3 cm³/mol. The van der Waals surface area contributed by atoms with E-state index in [0.717, 1.165) is 12.8 Å². The van der Waals surface area contributed by atoms with Crippen LogP contribution in [0.1, 0.15) is 37.8 Å². The van der Waals surface area contributed by atoms with Gasteiger partial charge in [-0.1, -0.05) is 60.7 Å². The van der Waals surface area contributed by atoms with Gasteiger partial charge in [-0.3, -0.25) is 0 Å². The van der Waals surface area contributed by atoms with Crippen LogP contribution in [-0.4, -0.2) is 6.29 Å². The van der Waals surface area contributed by atoms with Crippen LogP contribution in [0.5, 0.6) is 0 Å². The fourth-order valence-corrected chi connectivity index (χ4v) is 4.04. The molecule has 0 radical (unpaired) electrons. The monoisotopic (exact) mass is 294 g/mol. The van der Waals surface area contributed by atoms with Crippen molar-refractivity contribution in [2.24, 2.45) is 5.92 Å². The maximum Gasteiger partial charge on any atom is 0.162 e. The number of fused-ring (bicyclic) bond motifs is 1. The summed E-state index contributed by atoms with van der Waals surface area (Å²) in [5.74, 6) is 0.454. The van der Waals surface area contributed by atoms with E-state index < -0.39 is 0 Å². The average molecular weight is 294 g/mol. The molecule has 114 valence electrons. The van der Waals surface area contributed by atoms with E-state index >= 15 is 0 Å². The van der Waals surface area contributed by atoms with Gasteiger partial charge in [0.25, 0.3) is 0 Å². The van der Waals surface area contributed by atoms with E-state index in [0.29, 0.717) is 5.92 Å². The minimum Gasteiger partial charge on any atom is -0.341 e. The SMILES string of the molecule is C[C@]1(c2ccccc2)CC2C[C@@](C)(c3ccccc3)OC2O1. The van der Waals surface area contributed by atoms with Crippen molar-refractivity contribution in [2.75, 3.05) is 0 Å². The first-order chi connectivity index (χ1) is 10.6. The normalized spacial score (nSPS) is 37.2. The molecule has 2 aliphatic rings. The number of rotatable bonds is 2. The zero-order valence-electron chi connectivity index (χ0n) is 13.2. The molecule has 2 aromatic carbocycles. The second-order valence-electron chi connectivity index (χ2n) is 6.97. The fraction of sp³-hybridized carbons (Fsp3) is 0.400. The van der Waals surface area contributed by atoms with Crippen LogP contribution >= 0.6 is 0 Å². The lowest BCUT2D eigenvalue weighted by Crippen LogP contribution is -2.28. The van der Waals surface area contributed by atoms with Gasteiger partial charge in [0.1, 0.15) is 0 Å². The summed E-state index contributed by atoms with van der Waals surface area (Å²) in [6, 6.07) is 21.0. The maximum absolute atomic E-state index is 6.35. The van der Waals surface area contributed by atoms with Crippen LogP contribution in [0.15, 0.2) is 60.7 Å². The molecule has 4 atom stereocenters. The molecule has 2 heteroatoms. The summed E-state index contributed by atoms with van der Waals surface area (Å²) in [7, 11) is 0. The topological polar surface area (TPSA) is 18.5 Å². The Bertz CT molecular complexity index is 578. The van der Waals surface area contributed by atoms with Crippen molar-refractivity contribution in [3.63, 3.8) is 0 Å². The minimum atomic E-state index is -0.228. The maximum atomic E-state index is 6.35. The summed E-state index contributed by atoms with van der Waals surface area (Å²) in [5, 5.41) is 0. The summed E-state index contributed by atoms with van der Waals surface area (Å²) >= 11 is 0. The van der Waals surface area contributed by atoms with Crippen LogP contribution in [0.2, 0.25) is 0 Å². The summed E-state index contributed by atoms with van der Waals surface area (Å²) in [6.45, 7) is 4.37. The summed E-state index contributed by atoms with van der Waals surface area (Å²) in [4.78, 5) is 0. The first kappa shape index (κ1) is 14.0. The molecule has 0 bridgehead atoms. The van der Waals surface area contributed by atoms with Crippen LogP contribution in [0, 0.1) is 5.92 Å². The minimum absolute atomic E-state index is 0.101. The third-order valence-electron chi connectivity index (χ3n) is 5.21. The number of hydrogen-bond donors (Lipinski definition) is 0. The third-order valence-corrected chi connectivity index (χ3v) is 5.21. The second kappa shape index (κ2) is 4.94. The molecule has 2 fully saturated rings. The highest BCUT2D eigenvalue weighted by atomic mass is 16.7. The smallest absolute Gasteiger partial charge is 0.162 e. The third kappa shape index (κ3) is 2.18. The van der Waals surface area contributed by atoms with Crippen molar-refractivity contribution in [3.05, 3.63) is 71.8 Å². The van der Waals surface area contributed by atoms with E-state index in [1.807, 2.05) is 12.1 Å². The Labute approximate surface area is 132 Å². The first-order valence-electron chi connectivity index (χ1n) is 8.06. The van der Waals surface area contributed by atoms with Gasteiger partial charge < -0.3 is 9.47 Å². The second-order valence-corrected chi connectivity index (χ2v) is 6.97. The number of benzene rings is 2. The molecule has 22 heavy (non-hydrogen) atoms. The molecule has 0 aromatic heterocycles. The molecule has 2 nitrogen and oxygen atoms in total. The van der Waals surface area contributed by atoms with Gasteiger partial charge in [0.05, 0.1) is 11.2 Å². The van der Waals surface area contributed by atoms with Crippen molar-refractivity contribution in [1.82, 2.24) is 0 Å². The molecule has 2 aliphatic heterocycles. The first-order valence-corrected chi connectivity index (χ1v) is 8.06. The van der Waals surface area contributed by atoms with Crippen molar-refractivity contribution in [3.8, 4) is 0 Å². The van der Waals surface area contributed by atoms with Gasteiger partial charge in [0.2, 0.25) is 0 Å². The van der Waals surface area contributed by atoms with E-state index in [9.17, 15) is 0 Å². The van der Waals surface area contributed by atoms with Gasteiger partial charge in [0, 0.05) is 5.92 Å². The van der Waals surface area contributed by atoms with Gasteiger partial charge in [-0.15, -0.1) is 0 Å². The summed E-state index contributed by atoms with van der Waals surface area (Å²) in [5.41, 5.74) is 2.03. The Hall–Kier alpha value is -1.64. The molecule has 2 saturated heterocycles. The molecular weight excluding hydrogens is 272 g/mol. The molecule has 0 N–H and O–H groups in total. The summed E-state index contributed by atoms with van der Waals surface area (Å²) in [6.07, 6.45) is 1.93. The van der Waals surface area contributed by atoms with Crippen molar-refractivity contribution in [2.45, 2.75) is 44.2 Å². The number of ether oxygens (including phenoxy) is 2. The van der Waals surface area contributed by atoms with Gasteiger partial charge in [-0.25, -0.2) is 0 Å². The Morgan fingerprint density at radius 3 is 1.50 bits per heavy atom. The van der Waals surface area contributed by atoms with Crippen LogP contribution in [-0.2, 0) is 20.7 Å². The predicted octanol–water partition coefficient (Wildman–Crippen LogP) is 4.60. The van der Waals surface area contributed by atoms with E-state index in [4.69, 9.17) is 9.47 Å². The fourth-order valence-electron chi connectivity index (χ4n) is 4.04. The zero-order valence-corrected chi connectivity index (χ0v) is 13.2. The van der Waals surface area contributed by atoms with Crippen molar-refractivity contribution in [1.29, 1.82) is 0 Å². The Morgan fingerprint density at radius 2 is 1.14 bits per heavy atom. The van der Waals surface area contributed by atoms with Gasteiger partial charge in [-0.05, 0) is 37.8 Å². The molecule has 0 spiro atoms. The van der Waals surface area contributed by atoms with E-state index in [-0.39, 0.29) is 17.5 Å². The molecule has 0 aliphatic carbocycles. The van der Waals surface area contributed by atoms with Crippen molar-refractivity contribution < 1.29 is 9.47 Å². The van der Waals surface area contributed by atoms with Crippen LogP contribution in [0.25, 0.3) is 0 Å². The lowest BCUT2D eigenvalue weighted by molar-refractivity contribution is -0.197.